The number of carbonyl (C=O) groups excluding carboxylic acids is 1. The second kappa shape index (κ2) is 9.13. The zero-order chi connectivity index (χ0) is 24.3. The zero-order valence-electron chi connectivity index (χ0n) is 17.3. The molecule has 0 unspecified atom stereocenters. The lowest BCUT2D eigenvalue weighted by atomic mass is 10.2. The standard InChI is InChI=1S/C21H15F4N7O2/c1-32-11-28-19(31-32)18-8-15(4-5-27-18)34-14-2-3-17(16(22)7-14)30-20(33)29-13-6-12(9-26-10-13)21(23,24)25/h2-11H,1H3,(H2,29,30,33). The number of carbonyl (C=O) groups is 1. The van der Waals surface area contributed by atoms with Crippen molar-refractivity contribution in [2.45, 2.75) is 6.18 Å². The normalized spacial score (nSPS) is 11.2. The molecule has 1 aromatic carbocycles. The highest BCUT2D eigenvalue weighted by Gasteiger charge is 2.31. The van der Waals surface area contributed by atoms with Crippen molar-refractivity contribution < 1.29 is 27.1 Å². The molecule has 3 heterocycles. The van der Waals surface area contributed by atoms with E-state index in [1.807, 2.05) is 0 Å². The molecule has 4 rings (SSSR count). The largest absolute Gasteiger partial charge is 0.457 e. The summed E-state index contributed by atoms with van der Waals surface area (Å²) >= 11 is 0. The van der Waals surface area contributed by atoms with Crippen LogP contribution in [0.4, 0.5) is 33.7 Å². The van der Waals surface area contributed by atoms with E-state index >= 15 is 0 Å². The average molecular weight is 473 g/mol. The molecule has 4 aromatic rings. The average Bonchev–Trinajstić information content (AvgIpc) is 3.22. The van der Waals surface area contributed by atoms with Gasteiger partial charge in [0, 0.05) is 31.6 Å². The van der Waals surface area contributed by atoms with Crippen LogP contribution < -0.4 is 15.4 Å². The maximum absolute atomic E-state index is 14.5. The van der Waals surface area contributed by atoms with Crippen molar-refractivity contribution in [2.24, 2.45) is 7.05 Å². The summed E-state index contributed by atoms with van der Waals surface area (Å²) in [6.07, 6.45) is 0.0457. The molecular formula is C21H15F4N7O2. The fraction of sp³-hybridized carbons (Fsp3) is 0.0952. The lowest BCUT2D eigenvalue weighted by Crippen LogP contribution is -2.20. The molecule has 174 valence electrons. The molecule has 9 nitrogen and oxygen atoms in total. The van der Waals surface area contributed by atoms with Crippen molar-refractivity contribution in [3.05, 3.63) is 72.7 Å². The van der Waals surface area contributed by atoms with Gasteiger partial charge in [-0.25, -0.2) is 14.2 Å². The number of nitrogens with one attached hydrogen (secondary N) is 2. The Balaban J connectivity index is 1.42. The van der Waals surface area contributed by atoms with Gasteiger partial charge < -0.3 is 15.4 Å². The molecule has 34 heavy (non-hydrogen) atoms. The maximum atomic E-state index is 14.5. The van der Waals surface area contributed by atoms with Crippen molar-refractivity contribution in [3.8, 4) is 23.0 Å². The number of alkyl halides is 3. The first-order valence-electron chi connectivity index (χ1n) is 9.57. The first-order chi connectivity index (χ1) is 16.2. The van der Waals surface area contributed by atoms with E-state index in [4.69, 9.17) is 4.74 Å². The quantitative estimate of drug-likeness (QED) is 0.401. The predicted octanol–water partition coefficient (Wildman–Crippen LogP) is 4.87. The van der Waals surface area contributed by atoms with Crippen molar-refractivity contribution >= 4 is 17.4 Å². The number of ether oxygens (including phenoxy) is 1. The summed E-state index contributed by atoms with van der Waals surface area (Å²) < 4.78 is 60.0. The van der Waals surface area contributed by atoms with E-state index in [1.165, 1.54) is 29.3 Å². The van der Waals surface area contributed by atoms with E-state index in [-0.39, 0.29) is 17.1 Å². The molecule has 0 saturated carbocycles. The number of urea groups is 1. The van der Waals surface area contributed by atoms with Gasteiger partial charge in [-0.2, -0.15) is 13.2 Å². The Hall–Kier alpha value is -4.55. The van der Waals surface area contributed by atoms with Crippen molar-refractivity contribution in [1.82, 2.24) is 24.7 Å². The highest BCUT2D eigenvalue weighted by atomic mass is 19.4. The number of benzene rings is 1. The first-order valence-corrected chi connectivity index (χ1v) is 9.57. The third-order valence-electron chi connectivity index (χ3n) is 4.31. The smallest absolute Gasteiger partial charge is 0.417 e. The van der Waals surface area contributed by atoms with Crippen LogP contribution in [0.2, 0.25) is 0 Å². The van der Waals surface area contributed by atoms with Gasteiger partial charge in [-0.05, 0) is 24.3 Å². The molecule has 3 aromatic heterocycles. The molecule has 0 bridgehead atoms. The maximum Gasteiger partial charge on any atom is 0.417 e. The van der Waals surface area contributed by atoms with Gasteiger partial charge >= 0.3 is 12.2 Å². The monoisotopic (exact) mass is 473 g/mol. The fourth-order valence-electron chi connectivity index (χ4n) is 2.80. The number of amides is 2. The molecule has 13 heteroatoms. The number of aromatic nitrogens is 5. The molecule has 0 aliphatic carbocycles. The summed E-state index contributed by atoms with van der Waals surface area (Å²) in [5.41, 5.74) is -0.991. The van der Waals surface area contributed by atoms with E-state index in [1.54, 1.807) is 19.2 Å². The van der Waals surface area contributed by atoms with Crippen LogP contribution in [0, 0.1) is 5.82 Å². The van der Waals surface area contributed by atoms with Gasteiger partial charge in [-0.15, -0.1) is 5.10 Å². The third-order valence-corrected chi connectivity index (χ3v) is 4.31. The first kappa shape index (κ1) is 22.6. The summed E-state index contributed by atoms with van der Waals surface area (Å²) in [7, 11) is 1.71. The minimum atomic E-state index is -4.62. The molecule has 0 atom stereocenters. The molecule has 0 radical (unpaired) electrons. The van der Waals surface area contributed by atoms with Crippen LogP contribution in [0.15, 0.2) is 61.3 Å². The summed E-state index contributed by atoms with van der Waals surface area (Å²) in [6.45, 7) is 0. The van der Waals surface area contributed by atoms with Gasteiger partial charge in [0.15, 0.2) is 5.82 Å². The Morgan fingerprint density at radius 1 is 1.03 bits per heavy atom. The Morgan fingerprint density at radius 3 is 2.53 bits per heavy atom. The van der Waals surface area contributed by atoms with E-state index in [2.05, 4.69) is 30.7 Å². The Labute approximate surface area is 189 Å². The van der Waals surface area contributed by atoms with Crippen LogP contribution in [0.1, 0.15) is 5.56 Å². The molecule has 0 aliphatic heterocycles. The van der Waals surface area contributed by atoms with Crippen LogP contribution in [0.3, 0.4) is 0 Å². The van der Waals surface area contributed by atoms with E-state index in [0.29, 0.717) is 29.5 Å². The molecule has 0 fully saturated rings. The number of aryl methyl sites for hydroxylation is 1. The van der Waals surface area contributed by atoms with Gasteiger partial charge in [0.1, 0.15) is 29.3 Å². The number of hydrogen-bond donors (Lipinski definition) is 2. The summed E-state index contributed by atoms with van der Waals surface area (Å²) in [4.78, 5) is 23.8. The Bertz CT molecular complexity index is 1340. The molecular weight excluding hydrogens is 458 g/mol. The predicted molar refractivity (Wildman–Crippen MR) is 113 cm³/mol. The van der Waals surface area contributed by atoms with Crippen LogP contribution in [0.5, 0.6) is 11.5 Å². The highest BCUT2D eigenvalue weighted by Crippen LogP contribution is 2.30. The third kappa shape index (κ3) is 5.43. The Morgan fingerprint density at radius 2 is 1.82 bits per heavy atom. The number of halogens is 4. The van der Waals surface area contributed by atoms with Crippen molar-refractivity contribution in [2.75, 3.05) is 10.6 Å². The van der Waals surface area contributed by atoms with Gasteiger partial charge in [0.05, 0.1) is 23.1 Å². The van der Waals surface area contributed by atoms with Crippen molar-refractivity contribution in [3.63, 3.8) is 0 Å². The minimum absolute atomic E-state index is 0.136. The zero-order valence-corrected chi connectivity index (χ0v) is 17.3. The second-order valence-corrected chi connectivity index (χ2v) is 6.90. The number of anilines is 2. The van der Waals surface area contributed by atoms with E-state index in [9.17, 15) is 22.4 Å². The Kier molecular flexibility index (Phi) is 6.08. The molecule has 2 amide bonds. The van der Waals surface area contributed by atoms with Crippen LogP contribution in [0.25, 0.3) is 11.5 Å². The van der Waals surface area contributed by atoms with Gasteiger partial charge in [-0.1, -0.05) is 0 Å². The lowest BCUT2D eigenvalue weighted by Gasteiger charge is -2.12. The summed E-state index contributed by atoms with van der Waals surface area (Å²) in [6, 6.07) is 6.60. The van der Waals surface area contributed by atoms with Gasteiger partial charge in [-0.3, -0.25) is 14.6 Å². The molecule has 0 spiro atoms. The SMILES string of the molecule is Cn1cnc(-c2cc(Oc3ccc(NC(=O)Nc4cncc(C(F)(F)F)c4)c(F)c3)ccn2)n1. The topological polar surface area (TPSA) is 107 Å². The van der Waals surface area contributed by atoms with E-state index in [0.717, 1.165) is 12.3 Å². The van der Waals surface area contributed by atoms with Gasteiger partial charge in [0.25, 0.3) is 0 Å². The second-order valence-electron chi connectivity index (χ2n) is 6.90. The molecule has 0 saturated heterocycles. The molecule has 2 N–H and O–H groups in total. The molecule has 0 aliphatic rings. The van der Waals surface area contributed by atoms with E-state index < -0.39 is 23.6 Å². The van der Waals surface area contributed by atoms with Crippen LogP contribution >= 0.6 is 0 Å². The van der Waals surface area contributed by atoms with Crippen LogP contribution in [-0.4, -0.2) is 30.8 Å². The summed E-state index contributed by atoms with van der Waals surface area (Å²) in [5, 5.41) is 8.55. The number of rotatable bonds is 5. The fourth-order valence-corrected chi connectivity index (χ4v) is 2.80. The van der Waals surface area contributed by atoms with Gasteiger partial charge in [0.2, 0.25) is 0 Å². The lowest BCUT2D eigenvalue weighted by molar-refractivity contribution is -0.137. The highest BCUT2D eigenvalue weighted by molar-refractivity contribution is 5.99. The van der Waals surface area contributed by atoms with Crippen LogP contribution in [-0.2, 0) is 13.2 Å². The summed E-state index contributed by atoms with van der Waals surface area (Å²) in [5.74, 6) is 0.0557. The van der Waals surface area contributed by atoms with Crippen molar-refractivity contribution in [1.29, 1.82) is 0 Å². The number of pyridine rings is 2. The number of hydrogen-bond acceptors (Lipinski definition) is 6. The minimum Gasteiger partial charge on any atom is -0.457 e. The number of nitrogens with zero attached hydrogens (tertiary/aromatic N) is 5.